The van der Waals surface area contributed by atoms with E-state index in [1.807, 2.05) is 19.9 Å². The molecule has 0 amide bonds. The minimum absolute atomic E-state index is 0.306. The first-order chi connectivity index (χ1) is 8.93. The van der Waals surface area contributed by atoms with E-state index in [-0.39, 0.29) is 5.97 Å². The molecule has 0 aliphatic carbocycles. The third-order valence-corrected chi connectivity index (χ3v) is 2.70. The summed E-state index contributed by atoms with van der Waals surface area (Å²) in [4.78, 5) is 11.7. The van der Waals surface area contributed by atoms with Crippen LogP contribution in [0, 0.1) is 17.2 Å². The second kappa shape index (κ2) is 7.01. The molecule has 0 saturated heterocycles. The van der Waals surface area contributed by atoms with Gasteiger partial charge in [-0.25, -0.2) is 4.79 Å². The zero-order chi connectivity index (χ0) is 14.4. The number of ether oxygens (including phenoxy) is 1. The van der Waals surface area contributed by atoms with Crippen molar-refractivity contribution >= 4 is 23.3 Å². The van der Waals surface area contributed by atoms with E-state index in [4.69, 9.17) is 21.6 Å². The van der Waals surface area contributed by atoms with E-state index in [1.54, 1.807) is 25.1 Å². The average molecular weight is 281 g/mol. The van der Waals surface area contributed by atoms with Crippen molar-refractivity contribution in [2.24, 2.45) is 5.92 Å². The number of rotatable bonds is 5. The van der Waals surface area contributed by atoms with Gasteiger partial charge < -0.3 is 10.1 Å². The molecule has 1 aromatic rings. The minimum atomic E-state index is -0.470. The lowest BCUT2D eigenvalue weighted by molar-refractivity contribution is -0.145. The fraction of sp³-hybridized carbons (Fsp3) is 0.429. The summed E-state index contributed by atoms with van der Waals surface area (Å²) in [6.07, 6.45) is 0. The molecule has 0 bridgehead atoms. The highest BCUT2D eigenvalue weighted by Crippen LogP contribution is 2.20. The van der Waals surface area contributed by atoms with E-state index in [2.05, 4.69) is 5.32 Å². The summed E-state index contributed by atoms with van der Waals surface area (Å²) in [5, 5.41) is 12.1. The fourth-order valence-corrected chi connectivity index (χ4v) is 1.60. The monoisotopic (exact) mass is 280 g/mol. The Hall–Kier alpha value is -1.73. The molecule has 0 fully saturated rings. The van der Waals surface area contributed by atoms with Crippen molar-refractivity contribution < 1.29 is 9.53 Å². The smallest absolute Gasteiger partial charge is 0.328 e. The van der Waals surface area contributed by atoms with Crippen molar-refractivity contribution in [1.82, 2.24) is 0 Å². The number of nitrogens with zero attached hydrogens (tertiary/aromatic N) is 1. The Morgan fingerprint density at radius 3 is 2.68 bits per heavy atom. The Morgan fingerprint density at radius 1 is 1.47 bits per heavy atom. The molecule has 0 aliphatic rings. The largest absolute Gasteiger partial charge is 0.464 e. The van der Waals surface area contributed by atoms with Gasteiger partial charge in [-0.15, -0.1) is 0 Å². The van der Waals surface area contributed by atoms with Crippen LogP contribution in [-0.2, 0) is 9.53 Å². The molecular formula is C14H17ClN2O2. The van der Waals surface area contributed by atoms with Crippen molar-refractivity contribution in [2.75, 3.05) is 11.9 Å². The molecule has 0 aromatic heterocycles. The number of hydrogen-bond acceptors (Lipinski definition) is 4. The molecular weight excluding hydrogens is 264 g/mol. The number of benzene rings is 1. The molecule has 4 nitrogen and oxygen atoms in total. The third kappa shape index (κ3) is 4.80. The van der Waals surface area contributed by atoms with Crippen LogP contribution in [0.1, 0.15) is 26.3 Å². The molecule has 0 heterocycles. The van der Waals surface area contributed by atoms with Crippen LogP contribution < -0.4 is 5.32 Å². The van der Waals surface area contributed by atoms with E-state index in [9.17, 15) is 4.79 Å². The highest BCUT2D eigenvalue weighted by Gasteiger charge is 2.15. The third-order valence-electron chi connectivity index (χ3n) is 2.39. The highest BCUT2D eigenvalue weighted by atomic mass is 35.5. The maximum Gasteiger partial charge on any atom is 0.328 e. The molecule has 0 saturated carbocycles. The number of esters is 1. The van der Waals surface area contributed by atoms with Crippen LogP contribution in [0.2, 0.25) is 5.02 Å². The number of carbonyl (C=O) groups is 1. The maximum atomic E-state index is 11.7. The predicted molar refractivity (Wildman–Crippen MR) is 75.0 cm³/mol. The summed E-state index contributed by atoms with van der Waals surface area (Å²) in [5.74, 6) is -0.00492. The van der Waals surface area contributed by atoms with E-state index < -0.39 is 6.04 Å². The first kappa shape index (κ1) is 15.3. The molecule has 0 unspecified atom stereocenters. The van der Waals surface area contributed by atoms with Crippen molar-refractivity contribution in [2.45, 2.75) is 26.8 Å². The van der Waals surface area contributed by atoms with Gasteiger partial charge in [-0.05, 0) is 31.0 Å². The molecule has 19 heavy (non-hydrogen) atoms. The van der Waals surface area contributed by atoms with Gasteiger partial charge in [0.2, 0.25) is 0 Å². The first-order valence-corrected chi connectivity index (χ1v) is 6.44. The van der Waals surface area contributed by atoms with Crippen LogP contribution in [0.15, 0.2) is 18.2 Å². The van der Waals surface area contributed by atoms with Crippen molar-refractivity contribution in [1.29, 1.82) is 5.26 Å². The molecule has 0 radical (unpaired) electrons. The van der Waals surface area contributed by atoms with E-state index in [0.717, 1.165) is 0 Å². The van der Waals surface area contributed by atoms with Crippen LogP contribution >= 0.6 is 11.6 Å². The van der Waals surface area contributed by atoms with Crippen molar-refractivity contribution in [3.8, 4) is 6.07 Å². The lowest BCUT2D eigenvalue weighted by Crippen LogP contribution is -2.29. The topological polar surface area (TPSA) is 62.1 Å². The number of halogens is 1. The van der Waals surface area contributed by atoms with E-state index in [0.29, 0.717) is 28.8 Å². The van der Waals surface area contributed by atoms with Crippen molar-refractivity contribution in [3.63, 3.8) is 0 Å². The maximum absolute atomic E-state index is 11.7. The van der Waals surface area contributed by atoms with Gasteiger partial charge >= 0.3 is 5.97 Å². The van der Waals surface area contributed by atoms with Gasteiger partial charge in [-0.3, -0.25) is 0 Å². The van der Waals surface area contributed by atoms with Gasteiger partial charge in [0.25, 0.3) is 0 Å². The normalized spacial score (nSPS) is 11.8. The first-order valence-electron chi connectivity index (χ1n) is 6.07. The highest BCUT2D eigenvalue weighted by molar-refractivity contribution is 6.32. The Balaban J connectivity index is 2.62. The molecule has 102 valence electrons. The average Bonchev–Trinajstić information content (AvgIpc) is 2.36. The van der Waals surface area contributed by atoms with Gasteiger partial charge in [0.15, 0.2) is 0 Å². The van der Waals surface area contributed by atoms with Gasteiger partial charge in [0.05, 0.1) is 17.2 Å². The Labute approximate surface area is 118 Å². The van der Waals surface area contributed by atoms with Crippen LogP contribution in [-0.4, -0.2) is 18.6 Å². The molecule has 1 aromatic carbocycles. The van der Waals surface area contributed by atoms with Gasteiger partial charge in [0, 0.05) is 5.69 Å². The summed E-state index contributed by atoms with van der Waals surface area (Å²) in [7, 11) is 0. The quantitative estimate of drug-likeness (QED) is 0.841. The summed E-state index contributed by atoms with van der Waals surface area (Å²) in [6, 6.07) is 6.44. The van der Waals surface area contributed by atoms with Gasteiger partial charge in [-0.2, -0.15) is 5.26 Å². The van der Waals surface area contributed by atoms with Gasteiger partial charge in [0.1, 0.15) is 12.1 Å². The standard InChI is InChI=1S/C14H17ClN2O2/c1-9(2)8-19-14(18)10(3)17-12-5-4-11(7-16)13(15)6-12/h4-6,9-10,17H,8H2,1-3H3/t10-/m0/s1. The summed E-state index contributed by atoms with van der Waals surface area (Å²) >= 11 is 5.92. The fourth-order valence-electron chi connectivity index (χ4n) is 1.38. The van der Waals surface area contributed by atoms with Crippen LogP contribution in [0.3, 0.4) is 0 Å². The van der Waals surface area contributed by atoms with Crippen LogP contribution in [0.5, 0.6) is 0 Å². The second-order valence-corrected chi connectivity index (χ2v) is 5.10. The molecule has 0 spiro atoms. The number of hydrogen-bond donors (Lipinski definition) is 1. The SMILES string of the molecule is CC(C)COC(=O)[C@H](C)Nc1ccc(C#N)c(Cl)c1. The lowest BCUT2D eigenvalue weighted by Gasteiger charge is -2.15. The molecule has 1 N–H and O–H groups in total. The van der Waals surface area contributed by atoms with Crippen molar-refractivity contribution in [3.05, 3.63) is 28.8 Å². The number of anilines is 1. The van der Waals surface area contributed by atoms with Gasteiger partial charge in [-0.1, -0.05) is 25.4 Å². The van der Waals surface area contributed by atoms with E-state index in [1.165, 1.54) is 0 Å². The molecule has 1 rings (SSSR count). The lowest BCUT2D eigenvalue weighted by atomic mass is 10.2. The number of nitrogens with one attached hydrogen (secondary N) is 1. The second-order valence-electron chi connectivity index (χ2n) is 4.70. The summed E-state index contributed by atoms with van der Waals surface area (Å²) in [5.41, 5.74) is 1.08. The summed E-state index contributed by atoms with van der Waals surface area (Å²) in [6.45, 7) is 6.07. The van der Waals surface area contributed by atoms with Crippen LogP contribution in [0.25, 0.3) is 0 Å². The number of nitriles is 1. The van der Waals surface area contributed by atoms with Crippen LogP contribution in [0.4, 0.5) is 5.69 Å². The zero-order valence-corrected chi connectivity index (χ0v) is 12.0. The zero-order valence-electron chi connectivity index (χ0n) is 11.2. The molecule has 0 aliphatic heterocycles. The van der Waals surface area contributed by atoms with E-state index >= 15 is 0 Å². The Kier molecular flexibility index (Phi) is 5.65. The minimum Gasteiger partial charge on any atom is -0.464 e. The molecule has 1 atom stereocenters. The number of carbonyl (C=O) groups excluding carboxylic acids is 1. The molecule has 5 heteroatoms. The summed E-state index contributed by atoms with van der Waals surface area (Å²) < 4.78 is 5.13. The Bertz CT molecular complexity index is 495. The Morgan fingerprint density at radius 2 is 2.16 bits per heavy atom. The predicted octanol–water partition coefficient (Wildman–Crippen LogP) is 3.21.